The molecule has 0 amide bonds. The largest absolute Gasteiger partial charge is 0.389 e. The maximum absolute atomic E-state index is 9.60. The van der Waals surface area contributed by atoms with Crippen molar-refractivity contribution >= 4 is 23.2 Å². The smallest absolute Gasteiger partial charge is 0.108 e. The number of hydrogen-bond acceptors (Lipinski definition) is 3. The SMILES string of the molecule is NCC(O)C(O)c1ccc(Cl)cc1Cl. The lowest BCUT2D eigenvalue weighted by Gasteiger charge is -2.17. The monoisotopic (exact) mass is 235 g/mol. The standard InChI is InChI=1S/C9H11Cl2NO2/c10-5-1-2-6(7(11)3-5)9(14)8(13)4-12/h1-3,8-9,13-14H,4,12H2. The fourth-order valence-electron chi connectivity index (χ4n) is 1.08. The molecule has 0 spiro atoms. The Balaban J connectivity index is 2.95. The maximum atomic E-state index is 9.60. The number of aliphatic hydroxyl groups excluding tert-OH is 2. The van der Waals surface area contributed by atoms with Gasteiger partial charge in [0.15, 0.2) is 0 Å². The molecule has 0 heterocycles. The first-order valence-electron chi connectivity index (χ1n) is 4.07. The lowest BCUT2D eigenvalue weighted by Crippen LogP contribution is -2.27. The van der Waals surface area contributed by atoms with Crippen LogP contribution in [-0.2, 0) is 0 Å². The Morgan fingerprint density at radius 1 is 1.29 bits per heavy atom. The topological polar surface area (TPSA) is 66.5 Å². The Bertz CT molecular complexity index is 320. The number of rotatable bonds is 3. The molecule has 2 atom stereocenters. The molecule has 14 heavy (non-hydrogen) atoms. The Kier molecular flexibility index (Phi) is 4.16. The van der Waals surface area contributed by atoms with Gasteiger partial charge in [0.05, 0.1) is 6.10 Å². The summed E-state index contributed by atoms with van der Waals surface area (Å²) in [7, 11) is 0. The van der Waals surface area contributed by atoms with Crippen LogP contribution in [-0.4, -0.2) is 22.9 Å². The van der Waals surface area contributed by atoms with Gasteiger partial charge in [0.25, 0.3) is 0 Å². The third-order valence-corrected chi connectivity index (χ3v) is 2.45. The lowest BCUT2D eigenvalue weighted by molar-refractivity contribution is 0.0244. The normalized spacial score (nSPS) is 15.2. The van der Waals surface area contributed by atoms with Crippen molar-refractivity contribution in [2.24, 2.45) is 5.73 Å². The van der Waals surface area contributed by atoms with Crippen molar-refractivity contribution in [2.45, 2.75) is 12.2 Å². The molecule has 0 saturated heterocycles. The summed E-state index contributed by atoms with van der Waals surface area (Å²) in [4.78, 5) is 0. The van der Waals surface area contributed by atoms with Crippen LogP contribution in [0.15, 0.2) is 18.2 Å². The van der Waals surface area contributed by atoms with Gasteiger partial charge < -0.3 is 15.9 Å². The van der Waals surface area contributed by atoms with E-state index in [0.717, 1.165) is 0 Å². The average Bonchev–Trinajstić information content (AvgIpc) is 2.15. The molecule has 0 aliphatic rings. The third kappa shape index (κ3) is 2.59. The van der Waals surface area contributed by atoms with Crippen molar-refractivity contribution < 1.29 is 10.2 Å². The van der Waals surface area contributed by atoms with Gasteiger partial charge in [-0.05, 0) is 12.1 Å². The van der Waals surface area contributed by atoms with E-state index in [1.54, 1.807) is 12.1 Å². The van der Waals surface area contributed by atoms with Crippen LogP contribution in [0.5, 0.6) is 0 Å². The van der Waals surface area contributed by atoms with Gasteiger partial charge in [-0.15, -0.1) is 0 Å². The molecule has 4 N–H and O–H groups in total. The molecule has 3 nitrogen and oxygen atoms in total. The van der Waals surface area contributed by atoms with E-state index in [9.17, 15) is 10.2 Å². The summed E-state index contributed by atoms with van der Waals surface area (Å²) in [5, 5.41) is 19.7. The molecule has 1 rings (SSSR count). The minimum atomic E-state index is -1.08. The van der Waals surface area contributed by atoms with Crippen LogP contribution in [0, 0.1) is 0 Å². The van der Waals surface area contributed by atoms with Crippen LogP contribution >= 0.6 is 23.2 Å². The molecule has 0 aliphatic carbocycles. The highest BCUT2D eigenvalue weighted by molar-refractivity contribution is 6.35. The molecule has 0 bridgehead atoms. The number of aliphatic hydroxyl groups is 2. The molecule has 0 saturated carbocycles. The summed E-state index contributed by atoms with van der Waals surface area (Å²) >= 11 is 11.5. The molecule has 0 aliphatic heterocycles. The highest BCUT2D eigenvalue weighted by atomic mass is 35.5. The number of halogens is 2. The number of hydrogen-bond donors (Lipinski definition) is 3. The molecule has 1 aromatic carbocycles. The summed E-state index contributed by atoms with van der Waals surface area (Å²) in [6, 6.07) is 4.66. The summed E-state index contributed by atoms with van der Waals surface area (Å²) < 4.78 is 0. The Morgan fingerprint density at radius 2 is 1.93 bits per heavy atom. The summed E-state index contributed by atoms with van der Waals surface area (Å²) in [5.74, 6) is 0. The minimum Gasteiger partial charge on any atom is -0.389 e. The molecule has 5 heteroatoms. The van der Waals surface area contributed by atoms with Gasteiger partial charge in [-0.25, -0.2) is 0 Å². The van der Waals surface area contributed by atoms with E-state index in [1.165, 1.54) is 6.07 Å². The predicted molar refractivity (Wildman–Crippen MR) is 56.5 cm³/mol. The van der Waals surface area contributed by atoms with Crippen LogP contribution in [0.4, 0.5) is 0 Å². The van der Waals surface area contributed by atoms with E-state index < -0.39 is 12.2 Å². The van der Waals surface area contributed by atoms with Crippen molar-refractivity contribution in [3.63, 3.8) is 0 Å². The summed E-state index contributed by atoms with van der Waals surface area (Å²) in [5.41, 5.74) is 5.64. The van der Waals surface area contributed by atoms with E-state index in [2.05, 4.69) is 0 Å². The molecular formula is C9H11Cl2NO2. The van der Waals surface area contributed by atoms with Crippen molar-refractivity contribution in [2.75, 3.05) is 6.54 Å². The quantitative estimate of drug-likeness (QED) is 0.742. The van der Waals surface area contributed by atoms with Gasteiger partial charge in [-0.3, -0.25) is 0 Å². The molecule has 0 radical (unpaired) electrons. The zero-order valence-electron chi connectivity index (χ0n) is 7.32. The van der Waals surface area contributed by atoms with Crippen LogP contribution < -0.4 is 5.73 Å². The van der Waals surface area contributed by atoms with Gasteiger partial charge in [-0.2, -0.15) is 0 Å². The molecule has 0 fully saturated rings. The van der Waals surface area contributed by atoms with Gasteiger partial charge in [-0.1, -0.05) is 29.3 Å². The molecule has 0 aromatic heterocycles. The van der Waals surface area contributed by atoms with Crippen molar-refractivity contribution in [3.05, 3.63) is 33.8 Å². The van der Waals surface area contributed by atoms with Gasteiger partial charge in [0.2, 0.25) is 0 Å². The Hall–Kier alpha value is -0.320. The van der Waals surface area contributed by atoms with E-state index in [1.807, 2.05) is 0 Å². The van der Waals surface area contributed by atoms with E-state index in [-0.39, 0.29) is 6.54 Å². The maximum Gasteiger partial charge on any atom is 0.108 e. The third-order valence-electron chi connectivity index (χ3n) is 1.89. The second kappa shape index (κ2) is 4.96. The van der Waals surface area contributed by atoms with Crippen LogP contribution in [0.25, 0.3) is 0 Å². The van der Waals surface area contributed by atoms with Gasteiger partial charge >= 0.3 is 0 Å². The van der Waals surface area contributed by atoms with Gasteiger partial charge in [0, 0.05) is 22.2 Å². The Morgan fingerprint density at radius 3 is 2.43 bits per heavy atom. The second-order valence-electron chi connectivity index (χ2n) is 2.91. The van der Waals surface area contributed by atoms with Crippen molar-refractivity contribution in [1.82, 2.24) is 0 Å². The summed E-state index contributed by atoms with van der Waals surface area (Å²) in [6.07, 6.45) is -2.10. The van der Waals surface area contributed by atoms with Gasteiger partial charge in [0.1, 0.15) is 6.10 Å². The first-order valence-corrected chi connectivity index (χ1v) is 4.83. The Labute approximate surface area is 92.1 Å². The molecule has 2 unspecified atom stereocenters. The molecular weight excluding hydrogens is 225 g/mol. The van der Waals surface area contributed by atoms with Crippen LogP contribution in [0.1, 0.15) is 11.7 Å². The van der Waals surface area contributed by atoms with Crippen molar-refractivity contribution in [1.29, 1.82) is 0 Å². The number of benzene rings is 1. The predicted octanol–water partition coefficient (Wildman–Crippen LogP) is 1.35. The van der Waals surface area contributed by atoms with E-state index in [4.69, 9.17) is 28.9 Å². The highest BCUT2D eigenvalue weighted by Crippen LogP contribution is 2.27. The zero-order valence-corrected chi connectivity index (χ0v) is 8.83. The minimum absolute atomic E-state index is 0.0277. The summed E-state index contributed by atoms with van der Waals surface area (Å²) in [6.45, 7) is -0.0277. The zero-order chi connectivity index (χ0) is 10.7. The lowest BCUT2D eigenvalue weighted by atomic mass is 10.0. The highest BCUT2D eigenvalue weighted by Gasteiger charge is 2.19. The second-order valence-corrected chi connectivity index (χ2v) is 3.76. The number of nitrogens with two attached hydrogens (primary N) is 1. The fourth-order valence-corrected chi connectivity index (χ4v) is 1.60. The van der Waals surface area contributed by atoms with E-state index in [0.29, 0.717) is 15.6 Å². The molecule has 78 valence electrons. The molecule has 1 aromatic rings. The fraction of sp³-hybridized carbons (Fsp3) is 0.333. The first kappa shape index (κ1) is 11.8. The first-order chi connectivity index (χ1) is 6.56. The van der Waals surface area contributed by atoms with Crippen LogP contribution in [0.2, 0.25) is 10.0 Å². The van der Waals surface area contributed by atoms with E-state index >= 15 is 0 Å². The van der Waals surface area contributed by atoms with Crippen molar-refractivity contribution in [3.8, 4) is 0 Å². The average molecular weight is 236 g/mol. The van der Waals surface area contributed by atoms with Crippen LogP contribution in [0.3, 0.4) is 0 Å².